The van der Waals surface area contributed by atoms with Crippen molar-refractivity contribution in [3.05, 3.63) is 51.4 Å². The molecule has 204 valence electrons. The van der Waals surface area contributed by atoms with Gasteiger partial charge >= 0.3 is 10.2 Å². The summed E-state index contributed by atoms with van der Waals surface area (Å²) in [4.78, 5) is 2.38. The van der Waals surface area contributed by atoms with Crippen LogP contribution in [-0.2, 0) is 14.9 Å². The van der Waals surface area contributed by atoms with Gasteiger partial charge in [-0.15, -0.1) is 0 Å². The molecule has 2 heterocycles. The third-order valence-electron chi connectivity index (χ3n) is 6.51. The number of halogens is 4. The number of ether oxygens (including phenoxy) is 1. The zero-order valence-electron chi connectivity index (χ0n) is 20.3. The van der Waals surface area contributed by atoms with Gasteiger partial charge in [0, 0.05) is 35.8 Å². The van der Waals surface area contributed by atoms with Crippen LogP contribution in [-0.4, -0.2) is 76.1 Å². The summed E-state index contributed by atoms with van der Waals surface area (Å²) in [7, 11) is -4.05. The lowest BCUT2D eigenvalue weighted by atomic mass is 10.1. The number of morpholine rings is 1. The Balaban J connectivity index is 1.33. The molecule has 0 unspecified atom stereocenters. The van der Waals surface area contributed by atoms with Gasteiger partial charge in [-0.2, -0.15) is 12.7 Å². The van der Waals surface area contributed by atoms with E-state index in [9.17, 15) is 21.6 Å². The highest BCUT2D eigenvalue weighted by Gasteiger charge is 2.29. The Bertz CT molecular complexity index is 1180. The first-order valence-electron chi connectivity index (χ1n) is 12.2. The van der Waals surface area contributed by atoms with E-state index < -0.39 is 33.3 Å². The maximum atomic E-state index is 14.7. The van der Waals surface area contributed by atoms with Gasteiger partial charge in [-0.1, -0.05) is 0 Å². The summed E-state index contributed by atoms with van der Waals surface area (Å²) in [6, 6.07) is 6.35. The number of rotatable bonds is 10. The standard InChI is InChI=1S/C24H31F3IN5O3S/c25-19-3-5-22(24(23(19)27)30-21-4-2-17(28)16-20(21)26)31-37(34,35)33-10-6-18(7-11-33)29-8-1-9-32-12-14-36-15-13-32/h2-5,16,18,29-31H,1,6-15H2. The van der Waals surface area contributed by atoms with Crippen LogP contribution in [0.5, 0.6) is 0 Å². The molecule has 0 amide bonds. The average Bonchev–Trinajstić information content (AvgIpc) is 2.88. The minimum Gasteiger partial charge on any atom is -0.379 e. The van der Waals surface area contributed by atoms with Gasteiger partial charge in [0.1, 0.15) is 11.5 Å². The molecule has 8 nitrogen and oxygen atoms in total. The van der Waals surface area contributed by atoms with E-state index in [0.29, 0.717) is 16.4 Å². The fourth-order valence-electron chi connectivity index (χ4n) is 4.42. The first kappa shape index (κ1) is 28.4. The highest BCUT2D eigenvalue weighted by Crippen LogP contribution is 2.33. The minimum absolute atomic E-state index is 0.106. The lowest BCUT2D eigenvalue weighted by Gasteiger charge is -2.32. The normalized spacial score (nSPS) is 18.2. The molecule has 0 radical (unpaired) electrons. The summed E-state index contributed by atoms with van der Waals surface area (Å²) in [5.74, 6) is -3.17. The van der Waals surface area contributed by atoms with Gasteiger partial charge in [0.25, 0.3) is 0 Å². The minimum atomic E-state index is -4.05. The maximum Gasteiger partial charge on any atom is 0.301 e. The molecule has 0 aromatic heterocycles. The third kappa shape index (κ3) is 7.69. The van der Waals surface area contributed by atoms with E-state index in [4.69, 9.17) is 4.74 Å². The molecule has 2 saturated heterocycles. The molecule has 3 N–H and O–H groups in total. The summed E-state index contributed by atoms with van der Waals surface area (Å²) in [6.45, 7) is 5.90. The molecule has 0 spiro atoms. The molecular formula is C24H31F3IN5O3S. The third-order valence-corrected chi connectivity index (χ3v) is 8.70. The molecule has 13 heteroatoms. The highest BCUT2D eigenvalue weighted by molar-refractivity contribution is 14.1. The van der Waals surface area contributed by atoms with Gasteiger partial charge in [-0.05, 0) is 85.3 Å². The Morgan fingerprint density at radius 2 is 1.68 bits per heavy atom. The van der Waals surface area contributed by atoms with Gasteiger partial charge in [0.2, 0.25) is 0 Å². The van der Waals surface area contributed by atoms with Crippen molar-refractivity contribution in [2.45, 2.75) is 25.3 Å². The van der Waals surface area contributed by atoms with E-state index in [-0.39, 0.29) is 30.5 Å². The molecule has 2 aromatic rings. The van der Waals surface area contributed by atoms with E-state index in [0.717, 1.165) is 57.9 Å². The second-order valence-electron chi connectivity index (χ2n) is 9.08. The van der Waals surface area contributed by atoms with Crippen LogP contribution in [0.2, 0.25) is 0 Å². The topological polar surface area (TPSA) is 85.9 Å². The molecule has 2 fully saturated rings. The summed E-state index contributed by atoms with van der Waals surface area (Å²) >= 11 is 1.92. The second-order valence-corrected chi connectivity index (χ2v) is 12.0. The Kier molecular flexibility index (Phi) is 9.91. The van der Waals surface area contributed by atoms with Gasteiger partial charge < -0.3 is 15.4 Å². The lowest BCUT2D eigenvalue weighted by molar-refractivity contribution is 0.0373. The van der Waals surface area contributed by atoms with E-state index in [2.05, 4.69) is 20.3 Å². The molecular weight excluding hydrogens is 622 g/mol. The second kappa shape index (κ2) is 12.9. The lowest BCUT2D eigenvalue weighted by Crippen LogP contribution is -2.47. The first-order valence-corrected chi connectivity index (χ1v) is 14.8. The van der Waals surface area contributed by atoms with Crippen LogP contribution in [0.25, 0.3) is 0 Å². The molecule has 2 aliphatic heterocycles. The molecule has 2 aliphatic rings. The fraction of sp³-hybridized carbons (Fsp3) is 0.500. The molecule has 0 aliphatic carbocycles. The Hall–Kier alpha value is -1.65. The molecule has 0 saturated carbocycles. The fourth-order valence-corrected chi connectivity index (χ4v) is 6.14. The van der Waals surface area contributed by atoms with Crippen molar-refractivity contribution in [1.82, 2.24) is 14.5 Å². The number of anilines is 3. The van der Waals surface area contributed by atoms with Crippen molar-refractivity contribution in [1.29, 1.82) is 0 Å². The summed E-state index contributed by atoms with van der Waals surface area (Å²) in [6.07, 6.45) is 2.28. The number of hydrogen-bond acceptors (Lipinski definition) is 6. The number of piperidine rings is 1. The summed E-state index contributed by atoms with van der Waals surface area (Å²) < 4.78 is 78.7. The van der Waals surface area contributed by atoms with Crippen molar-refractivity contribution in [3.8, 4) is 0 Å². The van der Waals surface area contributed by atoms with Crippen molar-refractivity contribution < 1.29 is 26.3 Å². The zero-order valence-corrected chi connectivity index (χ0v) is 23.3. The number of nitrogens with one attached hydrogen (secondary N) is 3. The van der Waals surface area contributed by atoms with Gasteiger partial charge in [-0.3, -0.25) is 9.62 Å². The van der Waals surface area contributed by atoms with Crippen molar-refractivity contribution in [3.63, 3.8) is 0 Å². The van der Waals surface area contributed by atoms with Crippen molar-refractivity contribution in [2.75, 3.05) is 62.5 Å². The molecule has 37 heavy (non-hydrogen) atoms. The van der Waals surface area contributed by atoms with Crippen LogP contribution in [0, 0.1) is 21.0 Å². The maximum absolute atomic E-state index is 14.7. The number of benzene rings is 2. The molecule has 2 aromatic carbocycles. The molecule has 0 atom stereocenters. The van der Waals surface area contributed by atoms with E-state index in [1.807, 2.05) is 22.6 Å². The van der Waals surface area contributed by atoms with Crippen LogP contribution in [0.1, 0.15) is 19.3 Å². The van der Waals surface area contributed by atoms with Crippen molar-refractivity contribution >= 4 is 49.9 Å². The summed E-state index contributed by atoms with van der Waals surface area (Å²) in [5.41, 5.74) is -0.799. The highest BCUT2D eigenvalue weighted by atomic mass is 127. The van der Waals surface area contributed by atoms with Crippen LogP contribution in [0.3, 0.4) is 0 Å². The van der Waals surface area contributed by atoms with Crippen LogP contribution in [0.15, 0.2) is 30.3 Å². The predicted octanol–water partition coefficient (Wildman–Crippen LogP) is 3.89. The SMILES string of the molecule is O=S(=O)(Nc1ccc(F)c(F)c1Nc1ccc(I)cc1F)N1CCC(NCCCN2CCOCC2)CC1. The monoisotopic (exact) mass is 653 g/mol. The summed E-state index contributed by atoms with van der Waals surface area (Å²) in [5, 5.41) is 6.01. The smallest absolute Gasteiger partial charge is 0.301 e. The van der Waals surface area contributed by atoms with Crippen LogP contribution in [0.4, 0.5) is 30.2 Å². The van der Waals surface area contributed by atoms with Crippen LogP contribution >= 0.6 is 22.6 Å². The Morgan fingerprint density at radius 3 is 2.38 bits per heavy atom. The molecule has 0 bridgehead atoms. The Labute approximate surface area is 229 Å². The average molecular weight is 654 g/mol. The Morgan fingerprint density at radius 1 is 0.973 bits per heavy atom. The van der Waals surface area contributed by atoms with Gasteiger partial charge in [0.15, 0.2) is 11.6 Å². The van der Waals surface area contributed by atoms with Gasteiger partial charge in [-0.25, -0.2) is 13.2 Å². The van der Waals surface area contributed by atoms with E-state index >= 15 is 0 Å². The zero-order chi connectivity index (χ0) is 26.4. The largest absolute Gasteiger partial charge is 0.379 e. The number of hydrogen-bond donors (Lipinski definition) is 3. The number of nitrogens with zero attached hydrogens (tertiary/aromatic N) is 2. The van der Waals surface area contributed by atoms with E-state index in [1.54, 1.807) is 6.07 Å². The predicted molar refractivity (Wildman–Crippen MR) is 146 cm³/mol. The van der Waals surface area contributed by atoms with Crippen molar-refractivity contribution in [2.24, 2.45) is 0 Å². The van der Waals surface area contributed by atoms with Gasteiger partial charge in [0.05, 0.1) is 24.6 Å². The van der Waals surface area contributed by atoms with E-state index in [1.165, 1.54) is 16.4 Å². The molecule has 4 rings (SSSR count). The van der Waals surface area contributed by atoms with Crippen LogP contribution < -0.4 is 15.4 Å². The quantitative estimate of drug-likeness (QED) is 0.267. The first-order chi connectivity index (χ1) is 17.7.